The zero-order valence-corrected chi connectivity index (χ0v) is 7.40. The lowest BCUT2D eigenvalue weighted by atomic mass is 10.1. The van der Waals surface area contributed by atoms with Gasteiger partial charge in [0, 0.05) is 11.3 Å². The van der Waals surface area contributed by atoms with Gasteiger partial charge in [-0.3, -0.25) is 4.79 Å². The van der Waals surface area contributed by atoms with Gasteiger partial charge in [0.2, 0.25) is 0 Å². The molecular weight excluding hydrogens is 178 g/mol. The van der Waals surface area contributed by atoms with Gasteiger partial charge < -0.3 is 10.8 Å². The van der Waals surface area contributed by atoms with E-state index in [1.807, 2.05) is 30.3 Å². The molecule has 2 rings (SSSR count). The van der Waals surface area contributed by atoms with Crippen LogP contribution < -0.4 is 11.4 Å². The fraction of sp³-hybridized carbons (Fsp3) is 0. The van der Waals surface area contributed by atoms with E-state index in [-0.39, 0.29) is 5.56 Å². The molecule has 4 nitrogen and oxygen atoms in total. The highest BCUT2D eigenvalue weighted by atomic mass is 16.1. The third-order valence-electron chi connectivity index (χ3n) is 2.02. The van der Waals surface area contributed by atoms with Crippen molar-refractivity contribution in [3.63, 3.8) is 0 Å². The fourth-order valence-electron chi connectivity index (χ4n) is 1.41. The Morgan fingerprint density at radius 1 is 1.29 bits per heavy atom. The Bertz CT molecular complexity index is 501. The van der Waals surface area contributed by atoms with Crippen molar-refractivity contribution >= 4 is 6.21 Å². The maximum Gasteiger partial charge on any atom is 0.258 e. The molecule has 0 saturated carbocycles. The standard InChI is InChI=1S/C10H9N3O/c11-12-6-8-7-4-2-1-3-5-9(7)13-10(8)14/h1-6H,11H2,(H,13,14)/b12-6+. The van der Waals surface area contributed by atoms with Crippen molar-refractivity contribution in [3.05, 3.63) is 46.2 Å². The molecule has 0 amide bonds. The summed E-state index contributed by atoms with van der Waals surface area (Å²) in [6.45, 7) is 0. The number of rotatable bonds is 1. The van der Waals surface area contributed by atoms with E-state index in [2.05, 4.69) is 10.1 Å². The molecule has 2 aliphatic rings. The summed E-state index contributed by atoms with van der Waals surface area (Å²) in [5.41, 5.74) is 1.95. The monoisotopic (exact) mass is 187 g/mol. The summed E-state index contributed by atoms with van der Waals surface area (Å²) in [7, 11) is 0. The number of hydrogen-bond donors (Lipinski definition) is 2. The van der Waals surface area contributed by atoms with Crippen LogP contribution in [0.25, 0.3) is 11.3 Å². The second kappa shape index (κ2) is 3.33. The summed E-state index contributed by atoms with van der Waals surface area (Å²) >= 11 is 0. The molecule has 0 bridgehead atoms. The molecule has 14 heavy (non-hydrogen) atoms. The average Bonchev–Trinajstić information content (AvgIpc) is 2.39. The molecule has 0 atom stereocenters. The SMILES string of the molecule is N/N=C/c1c2cccccc-2[nH]c1=O. The Balaban J connectivity index is 2.77. The highest BCUT2D eigenvalue weighted by Crippen LogP contribution is 2.18. The van der Waals surface area contributed by atoms with Crippen LogP contribution in [0.5, 0.6) is 0 Å². The topological polar surface area (TPSA) is 71.2 Å². The largest absolute Gasteiger partial charge is 0.323 e. The third kappa shape index (κ3) is 1.26. The van der Waals surface area contributed by atoms with Crippen LogP contribution in [0.3, 0.4) is 0 Å². The van der Waals surface area contributed by atoms with Crippen molar-refractivity contribution in [1.82, 2.24) is 4.98 Å². The van der Waals surface area contributed by atoms with Crippen LogP contribution in [0.1, 0.15) is 5.56 Å². The van der Waals surface area contributed by atoms with E-state index in [0.29, 0.717) is 5.56 Å². The first-order valence-corrected chi connectivity index (χ1v) is 4.17. The van der Waals surface area contributed by atoms with Crippen LogP contribution in [-0.2, 0) is 0 Å². The Hall–Kier alpha value is -2.10. The predicted octanol–water partition coefficient (Wildman–Crippen LogP) is 0.772. The molecule has 0 aromatic heterocycles. The third-order valence-corrected chi connectivity index (χ3v) is 2.02. The van der Waals surface area contributed by atoms with Crippen molar-refractivity contribution in [2.45, 2.75) is 0 Å². The number of H-pyrrole nitrogens is 1. The van der Waals surface area contributed by atoms with Gasteiger partial charge in [-0.1, -0.05) is 24.3 Å². The van der Waals surface area contributed by atoms with Crippen LogP contribution in [0.2, 0.25) is 0 Å². The van der Waals surface area contributed by atoms with Gasteiger partial charge in [-0.25, -0.2) is 0 Å². The Labute approximate surface area is 80.4 Å². The minimum Gasteiger partial charge on any atom is -0.323 e. The first-order chi connectivity index (χ1) is 6.83. The second-order valence-corrected chi connectivity index (χ2v) is 2.88. The van der Waals surface area contributed by atoms with Crippen molar-refractivity contribution in [1.29, 1.82) is 0 Å². The lowest BCUT2D eigenvalue weighted by Crippen LogP contribution is -2.04. The van der Waals surface area contributed by atoms with E-state index < -0.39 is 0 Å². The van der Waals surface area contributed by atoms with Gasteiger partial charge in [0.05, 0.1) is 11.8 Å². The maximum atomic E-state index is 11.4. The minimum atomic E-state index is -0.166. The number of nitrogens with two attached hydrogens (primary N) is 1. The average molecular weight is 187 g/mol. The van der Waals surface area contributed by atoms with E-state index in [0.717, 1.165) is 11.3 Å². The molecular formula is C10H9N3O. The van der Waals surface area contributed by atoms with Crippen molar-refractivity contribution < 1.29 is 0 Å². The number of nitrogens with one attached hydrogen (secondary N) is 1. The van der Waals surface area contributed by atoms with E-state index in [9.17, 15) is 4.79 Å². The van der Waals surface area contributed by atoms with Gasteiger partial charge in [0.1, 0.15) is 0 Å². The molecule has 0 saturated heterocycles. The van der Waals surface area contributed by atoms with Gasteiger partial charge in [0.25, 0.3) is 5.56 Å². The normalized spacial score (nSPS) is 11.1. The molecule has 1 aliphatic heterocycles. The number of aromatic amines is 1. The lowest BCUT2D eigenvalue weighted by Gasteiger charge is -1.90. The Morgan fingerprint density at radius 3 is 2.86 bits per heavy atom. The molecule has 0 unspecified atom stereocenters. The van der Waals surface area contributed by atoms with Crippen LogP contribution in [-0.4, -0.2) is 11.2 Å². The maximum absolute atomic E-state index is 11.4. The quantitative estimate of drug-likeness (QED) is 0.393. The van der Waals surface area contributed by atoms with E-state index >= 15 is 0 Å². The van der Waals surface area contributed by atoms with Crippen LogP contribution in [0.15, 0.2) is 40.2 Å². The van der Waals surface area contributed by atoms with Gasteiger partial charge in [0.15, 0.2) is 0 Å². The number of aromatic nitrogens is 1. The summed E-state index contributed by atoms with van der Waals surface area (Å²) in [5, 5.41) is 3.36. The first-order valence-electron chi connectivity index (χ1n) is 4.17. The van der Waals surface area contributed by atoms with E-state index in [1.165, 1.54) is 6.21 Å². The molecule has 1 heterocycles. The van der Waals surface area contributed by atoms with E-state index in [1.54, 1.807) is 0 Å². The number of hydrazone groups is 1. The Morgan fingerprint density at radius 2 is 2.07 bits per heavy atom. The summed E-state index contributed by atoms with van der Waals surface area (Å²) in [5.74, 6) is 5.03. The molecule has 4 heteroatoms. The zero-order valence-electron chi connectivity index (χ0n) is 7.40. The summed E-state index contributed by atoms with van der Waals surface area (Å²) < 4.78 is 0. The highest BCUT2D eigenvalue weighted by Gasteiger charge is 2.10. The molecule has 3 N–H and O–H groups in total. The molecule has 0 spiro atoms. The Kier molecular flexibility index (Phi) is 2.02. The second-order valence-electron chi connectivity index (χ2n) is 2.88. The molecule has 0 aromatic carbocycles. The highest BCUT2D eigenvalue weighted by molar-refractivity contribution is 5.90. The fourth-order valence-corrected chi connectivity index (χ4v) is 1.41. The predicted molar refractivity (Wildman–Crippen MR) is 55.5 cm³/mol. The molecule has 0 aromatic rings. The van der Waals surface area contributed by atoms with Crippen molar-refractivity contribution in [3.8, 4) is 11.3 Å². The number of hydrogen-bond acceptors (Lipinski definition) is 3. The summed E-state index contributed by atoms with van der Waals surface area (Å²) in [6, 6.07) is 9.31. The van der Waals surface area contributed by atoms with E-state index in [4.69, 9.17) is 5.84 Å². The van der Waals surface area contributed by atoms with Crippen molar-refractivity contribution in [2.75, 3.05) is 0 Å². The molecule has 0 radical (unpaired) electrons. The number of nitrogens with zero attached hydrogens (tertiary/aromatic N) is 1. The smallest absolute Gasteiger partial charge is 0.258 e. The van der Waals surface area contributed by atoms with Gasteiger partial charge in [-0.2, -0.15) is 5.10 Å². The lowest BCUT2D eigenvalue weighted by molar-refractivity contribution is 1.26. The summed E-state index contributed by atoms with van der Waals surface area (Å²) in [4.78, 5) is 14.2. The van der Waals surface area contributed by atoms with Crippen molar-refractivity contribution in [2.24, 2.45) is 10.9 Å². The van der Waals surface area contributed by atoms with Gasteiger partial charge >= 0.3 is 0 Å². The first kappa shape index (κ1) is 8.50. The molecule has 1 aliphatic carbocycles. The van der Waals surface area contributed by atoms with Gasteiger partial charge in [-0.15, -0.1) is 0 Å². The zero-order chi connectivity index (χ0) is 9.97. The minimum absolute atomic E-state index is 0.166. The van der Waals surface area contributed by atoms with Crippen LogP contribution in [0.4, 0.5) is 0 Å². The van der Waals surface area contributed by atoms with Crippen LogP contribution >= 0.6 is 0 Å². The van der Waals surface area contributed by atoms with Crippen LogP contribution in [0, 0.1) is 0 Å². The molecule has 70 valence electrons. The summed E-state index contributed by atoms with van der Waals surface area (Å²) in [6.07, 6.45) is 1.36. The number of fused-ring (bicyclic) bond motifs is 1. The van der Waals surface area contributed by atoms with Gasteiger partial charge in [-0.05, 0) is 6.07 Å². The molecule has 0 fully saturated rings.